The van der Waals surface area contributed by atoms with E-state index in [0.29, 0.717) is 6.54 Å². The maximum Gasteiger partial charge on any atom is 1.00 e. The first-order valence-corrected chi connectivity index (χ1v) is 5.64. The van der Waals surface area contributed by atoms with Crippen molar-refractivity contribution in [2.75, 3.05) is 12.3 Å². The molecule has 0 unspecified atom stereocenters. The Bertz CT molecular complexity index is 272. The predicted molar refractivity (Wildman–Crippen MR) is 51.5 cm³/mol. The van der Waals surface area contributed by atoms with Crippen molar-refractivity contribution in [1.29, 1.82) is 0 Å². The Kier molecular flexibility index (Phi) is 8.48. The smallest absolute Gasteiger partial charge is 0.748 e. The minimum absolute atomic E-state index is 0. The van der Waals surface area contributed by atoms with Crippen molar-refractivity contribution < 1.29 is 42.5 Å². The van der Waals surface area contributed by atoms with E-state index in [1.165, 1.54) is 0 Å². The average Bonchev–Trinajstić information content (AvgIpc) is 1.81. The van der Waals surface area contributed by atoms with Crippen LogP contribution in [0.15, 0.2) is 12.2 Å². The summed E-state index contributed by atoms with van der Waals surface area (Å²) in [6, 6.07) is 0. The van der Waals surface area contributed by atoms with E-state index in [2.05, 4.69) is 5.32 Å². The zero-order chi connectivity index (χ0) is 10.5. The first kappa shape index (κ1) is 17.0. The molecule has 0 fully saturated rings. The standard InChI is InChI=1S/C8H17NO3S.Na/c1-4-5-6-9-8(2,3)7-13(10,11)12;/h4-5,9H,6-7H2,1-3H3,(H,10,11,12);/q;+1/p-1/b5-4+;. The van der Waals surface area contributed by atoms with Crippen molar-refractivity contribution in [2.45, 2.75) is 26.3 Å². The van der Waals surface area contributed by atoms with Gasteiger partial charge in [0.25, 0.3) is 0 Å². The van der Waals surface area contributed by atoms with E-state index >= 15 is 0 Å². The molecular formula is C8H16NNaO3S. The second-order valence-electron chi connectivity index (χ2n) is 3.54. The van der Waals surface area contributed by atoms with Gasteiger partial charge in [0.2, 0.25) is 0 Å². The quantitative estimate of drug-likeness (QED) is 0.321. The summed E-state index contributed by atoms with van der Waals surface area (Å²) >= 11 is 0. The van der Waals surface area contributed by atoms with Crippen LogP contribution in [0.2, 0.25) is 0 Å². The molecule has 0 aliphatic heterocycles. The molecule has 0 radical (unpaired) electrons. The Morgan fingerprint density at radius 2 is 1.93 bits per heavy atom. The summed E-state index contributed by atoms with van der Waals surface area (Å²) in [6.45, 7) is 5.82. The first-order chi connectivity index (χ1) is 5.77. The molecule has 0 spiro atoms. The normalized spacial score (nSPS) is 12.9. The Hall–Kier alpha value is 0.610. The van der Waals surface area contributed by atoms with E-state index in [4.69, 9.17) is 0 Å². The van der Waals surface area contributed by atoms with Gasteiger partial charge in [-0.25, -0.2) is 8.42 Å². The molecule has 0 saturated heterocycles. The average molecular weight is 229 g/mol. The third kappa shape index (κ3) is 10.7. The van der Waals surface area contributed by atoms with Crippen molar-refractivity contribution in [3.63, 3.8) is 0 Å². The summed E-state index contributed by atoms with van der Waals surface area (Å²) in [5.74, 6) is -0.391. The van der Waals surface area contributed by atoms with Gasteiger partial charge in [0.05, 0.1) is 15.9 Å². The van der Waals surface area contributed by atoms with Crippen LogP contribution in [-0.4, -0.2) is 30.8 Å². The van der Waals surface area contributed by atoms with Crippen molar-refractivity contribution in [1.82, 2.24) is 5.32 Å². The largest absolute Gasteiger partial charge is 1.00 e. The number of hydrogen-bond donors (Lipinski definition) is 1. The van der Waals surface area contributed by atoms with Gasteiger partial charge >= 0.3 is 29.6 Å². The van der Waals surface area contributed by atoms with Crippen LogP contribution in [0.25, 0.3) is 0 Å². The predicted octanol–water partition coefficient (Wildman–Crippen LogP) is -2.52. The van der Waals surface area contributed by atoms with Crippen LogP contribution in [0.4, 0.5) is 0 Å². The Morgan fingerprint density at radius 3 is 2.29 bits per heavy atom. The summed E-state index contributed by atoms with van der Waals surface area (Å²) in [5.41, 5.74) is -0.667. The summed E-state index contributed by atoms with van der Waals surface area (Å²) in [5, 5.41) is 2.95. The molecule has 0 aliphatic rings. The van der Waals surface area contributed by atoms with Crippen molar-refractivity contribution >= 4 is 10.1 Å². The molecule has 78 valence electrons. The molecule has 0 atom stereocenters. The van der Waals surface area contributed by atoms with Crippen LogP contribution in [-0.2, 0) is 10.1 Å². The topological polar surface area (TPSA) is 69.2 Å². The molecule has 0 bridgehead atoms. The number of hydrogen-bond acceptors (Lipinski definition) is 4. The zero-order valence-electron chi connectivity index (χ0n) is 9.20. The molecule has 0 aliphatic carbocycles. The number of rotatable bonds is 5. The van der Waals surface area contributed by atoms with E-state index in [1.54, 1.807) is 13.8 Å². The second-order valence-corrected chi connectivity index (χ2v) is 4.94. The molecule has 0 rings (SSSR count). The third-order valence-corrected chi connectivity index (χ3v) is 2.55. The molecule has 14 heavy (non-hydrogen) atoms. The van der Waals surface area contributed by atoms with Gasteiger partial charge in [0.1, 0.15) is 0 Å². The molecule has 0 heterocycles. The van der Waals surface area contributed by atoms with Crippen molar-refractivity contribution in [3.05, 3.63) is 12.2 Å². The van der Waals surface area contributed by atoms with Gasteiger partial charge < -0.3 is 9.87 Å². The number of allylic oxidation sites excluding steroid dienone is 1. The monoisotopic (exact) mass is 229 g/mol. The molecular weight excluding hydrogens is 213 g/mol. The second kappa shape index (κ2) is 6.98. The van der Waals surface area contributed by atoms with Gasteiger partial charge in [-0.1, -0.05) is 12.2 Å². The van der Waals surface area contributed by atoms with Crippen LogP contribution in [0.5, 0.6) is 0 Å². The molecule has 4 nitrogen and oxygen atoms in total. The van der Waals surface area contributed by atoms with Gasteiger partial charge in [0, 0.05) is 12.1 Å². The minimum atomic E-state index is -4.16. The van der Waals surface area contributed by atoms with Gasteiger partial charge in [-0.05, 0) is 20.8 Å². The van der Waals surface area contributed by atoms with Crippen LogP contribution in [0.3, 0.4) is 0 Å². The summed E-state index contributed by atoms with van der Waals surface area (Å²) in [6.07, 6.45) is 3.72. The summed E-state index contributed by atoms with van der Waals surface area (Å²) in [4.78, 5) is 0. The van der Waals surface area contributed by atoms with Crippen LogP contribution in [0, 0.1) is 0 Å². The molecule has 1 N–H and O–H groups in total. The van der Waals surface area contributed by atoms with Gasteiger partial charge in [0.15, 0.2) is 0 Å². The van der Waals surface area contributed by atoms with Crippen molar-refractivity contribution in [3.8, 4) is 0 Å². The molecule has 0 aromatic rings. The Morgan fingerprint density at radius 1 is 1.43 bits per heavy atom. The van der Waals surface area contributed by atoms with Crippen LogP contribution < -0.4 is 34.9 Å². The molecule has 6 heteroatoms. The first-order valence-electron chi connectivity index (χ1n) is 4.06. The Balaban J connectivity index is 0. The zero-order valence-corrected chi connectivity index (χ0v) is 12.0. The van der Waals surface area contributed by atoms with Gasteiger partial charge in [-0.2, -0.15) is 0 Å². The number of nitrogens with one attached hydrogen (secondary N) is 1. The van der Waals surface area contributed by atoms with E-state index in [0.717, 1.165) is 0 Å². The fourth-order valence-corrected chi connectivity index (χ4v) is 1.93. The van der Waals surface area contributed by atoms with E-state index in [9.17, 15) is 13.0 Å². The van der Waals surface area contributed by atoms with E-state index < -0.39 is 21.4 Å². The van der Waals surface area contributed by atoms with Crippen LogP contribution in [0.1, 0.15) is 20.8 Å². The molecule has 0 aromatic carbocycles. The maximum atomic E-state index is 10.5. The van der Waals surface area contributed by atoms with E-state index in [1.807, 2.05) is 19.1 Å². The summed E-state index contributed by atoms with van der Waals surface area (Å²) in [7, 11) is -4.16. The fourth-order valence-electron chi connectivity index (χ4n) is 0.946. The third-order valence-electron chi connectivity index (χ3n) is 1.47. The maximum absolute atomic E-state index is 10.5. The van der Waals surface area contributed by atoms with Crippen molar-refractivity contribution in [2.24, 2.45) is 0 Å². The molecule has 0 saturated carbocycles. The Labute approximate surface area is 108 Å². The van der Waals surface area contributed by atoms with Gasteiger partial charge in [-0.15, -0.1) is 0 Å². The fraction of sp³-hybridized carbons (Fsp3) is 0.750. The molecule has 0 aromatic heterocycles. The summed E-state index contributed by atoms with van der Waals surface area (Å²) < 4.78 is 31.4. The van der Waals surface area contributed by atoms with Gasteiger partial charge in [-0.3, -0.25) is 0 Å². The minimum Gasteiger partial charge on any atom is -0.748 e. The van der Waals surface area contributed by atoms with Crippen LogP contribution >= 0.6 is 0 Å². The van der Waals surface area contributed by atoms with E-state index in [-0.39, 0.29) is 29.6 Å². The molecule has 0 amide bonds. The SMILES string of the molecule is C/C=C/CNC(C)(C)CS(=O)(=O)[O-].[Na+].